The van der Waals surface area contributed by atoms with E-state index in [-0.39, 0.29) is 0 Å². The number of hydrogen-bond donors (Lipinski definition) is 1. The van der Waals surface area contributed by atoms with Gasteiger partial charge in [-0.1, -0.05) is 24.3 Å². The molecule has 1 N–H and O–H groups in total. The predicted octanol–water partition coefficient (Wildman–Crippen LogP) is 2.09. The number of nitrogens with zero attached hydrogens (tertiary/aromatic N) is 1. The molecule has 2 bridgehead atoms. The molecule has 0 aromatic carbocycles. The second kappa shape index (κ2) is 4.34. The summed E-state index contributed by atoms with van der Waals surface area (Å²) in [6.07, 6.45) is 15.6. The summed E-state index contributed by atoms with van der Waals surface area (Å²) >= 11 is 0. The van der Waals surface area contributed by atoms with Gasteiger partial charge >= 0.3 is 0 Å². The largest absolute Gasteiger partial charge is 0.307 e. The molecule has 88 valence electrons. The van der Waals surface area contributed by atoms with Crippen molar-refractivity contribution in [3.05, 3.63) is 24.3 Å². The highest BCUT2D eigenvalue weighted by molar-refractivity contribution is 5.14. The fourth-order valence-corrected chi connectivity index (χ4v) is 3.55. The van der Waals surface area contributed by atoms with Crippen LogP contribution >= 0.6 is 0 Å². The van der Waals surface area contributed by atoms with Crippen LogP contribution < -0.4 is 5.32 Å². The van der Waals surface area contributed by atoms with Crippen LogP contribution in [0.4, 0.5) is 0 Å². The molecule has 2 saturated heterocycles. The van der Waals surface area contributed by atoms with Gasteiger partial charge in [-0.3, -0.25) is 0 Å². The van der Waals surface area contributed by atoms with Crippen molar-refractivity contribution in [3.63, 3.8) is 0 Å². The molecular weight excluding hydrogens is 196 g/mol. The molecule has 2 heteroatoms. The van der Waals surface area contributed by atoms with Gasteiger partial charge in [-0.15, -0.1) is 0 Å². The van der Waals surface area contributed by atoms with Crippen LogP contribution in [-0.2, 0) is 0 Å². The van der Waals surface area contributed by atoms with Crippen molar-refractivity contribution in [2.75, 3.05) is 7.05 Å². The minimum Gasteiger partial charge on any atom is -0.307 e. The van der Waals surface area contributed by atoms with Crippen LogP contribution in [0.1, 0.15) is 32.1 Å². The average Bonchev–Trinajstić information content (AvgIpc) is 2.54. The first-order valence-electron chi connectivity index (χ1n) is 6.64. The normalized spacial score (nSPS) is 42.8. The lowest BCUT2D eigenvalue weighted by molar-refractivity contribution is 0.146. The first kappa shape index (κ1) is 10.5. The second-order valence-electron chi connectivity index (χ2n) is 5.54. The van der Waals surface area contributed by atoms with Gasteiger partial charge in [0.15, 0.2) is 0 Å². The van der Waals surface area contributed by atoms with Crippen molar-refractivity contribution in [3.8, 4) is 0 Å². The Morgan fingerprint density at radius 3 is 2.50 bits per heavy atom. The van der Waals surface area contributed by atoms with E-state index in [0.29, 0.717) is 6.04 Å². The summed E-state index contributed by atoms with van der Waals surface area (Å²) in [6.45, 7) is 0. The van der Waals surface area contributed by atoms with Gasteiger partial charge in [0.25, 0.3) is 0 Å². The van der Waals surface area contributed by atoms with E-state index in [1.165, 1.54) is 25.7 Å². The van der Waals surface area contributed by atoms with E-state index in [1.807, 2.05) is 0 Å². The second-order valence-corrected chi connectivity index (χ2v) is 5.54. The molecule has 3 aliphatic rings. The van der Waals surface area contributed by atoms with Crippen molar-refractivity contribution < 1.29 is 0 Å². The predicted molar refractivity (Wildman–Crippen MR) is 67.4 cm³/mol. The molecule has 0 radical (unpaired) electrons. The maximum Gasteiger partial charge on any atom is 0.0290 e. The summed E-state index contributed by atoms with van der Waals surface area (Å²) in [4.78, 5) is 2.61. The van der Waals surface area contributed by atoms with Crippen molar-refractivity contribution in [1.82, 2.24) is 10.2 Å². The minimum atomic E-state index is 0.581. The first-order valence-corrected chi connectivity index (χ1v) is 6.64. The monoisotopic (exact) mass is 218 g/mol. The molecule has 3 rings (SSSR count). The Labute approximate surface area is 98.4 Å². The van der Waals surface area contributed by atoms with Gasteiger partial charge in [-0.05, 0) is 39.2 Å². The van der Waals surface area contributed by atoms with Crippen molar-refractivity contribution in [1.29, 1.82) is 0 Å². The highest BCUT2D eigenvalue weighted by Gasteiger charge is 2.38. The number of rotatable bonds is 2. The summed E-state index contributed by atoms with van der Waals surface area (Å²) in [5.74, 6) is 0. The van der Waals surface area contributed by atoms with Crippen LogP contribution in [0.15, 0.2) is 24.3 Å². The Bertz CT molecular complexity index is 294. The van der Waals surface area contributed by atoms with Crippen LogP contribution in [0.5, 0.6) is 0 Å². The fourth-order valence-electron chi connectivity index (χ4n) is 3.55. The zero-order chi connectivity index (χ0) is 11.0. The molecule has 2 unspecified atom stereocenters. The summed E-state index contributed by atoms with van der Waals surface area (Å²) < 4.78 is 0. The van der Waals surface area contributed by atoms with E-state index < -0.39 is 0 Å². The van der Waals surface area contributed by atoms with E-state index >= 15 is 0 Å². The number of fused-ring (bicyclic) bond motifs is 2. The topological polar surface area (TPSA) is 15.3 Å². The van der Waals surface area contributed by atoms with Gasteiger partial charge < -0.3 is 10.2 Å². The van der Waals surface area contributed by atoms with E-state index in [9.17, 15) is 0 Å². The molecule has 0 aromatic heterocycles. The molecule has 1 aliphatic carbocycles. The standard InChI is InChI=1S/C14H22N2/c1-16-13-7-8-14(16)10-12(9-13)15-11-5-3-2-4-6-11/h2-5,11-15H,6-10H2,1H3/t11?,12?,13-,14+. The molecule has 2 heterocycles. The Morgan fingerprint density at radius 1 is 1.12 bits per heavy atom. The van der Waals surface area contributed by atoms with E-state index in [0.717, 1.165) is 24.5 Å². The molecule has 0 spiro atoms. The summed E-state index contributed by atoms with van der Waals surface area (Å²) in [6, 6.07) is 3.02. The van der Waals surface area contributed by atoms with Gasteiger partial charge in [0.2, 0.25) is 0 Å². The number of hydrogen-bond acceptors (Lipinski definition) is 2. The highest BCUT2D eigenvalue weighted by atomic mass is 15.2. The average molecular weight is 218 g/mol. The molecule has 0 saturated carbocycles. The maximum atomic E-state index is 3.81. The Hall–Kier alpha value is -0.600. The van der Waals surface area contributed by atoms with Crippen LogP contribution in [0.3, 0.4) is 0 Å². The summed E-state index contributed by atoms with van der Waals surface area (Å²) in [7, 11) is 2.31. The molecule has 4 atom stereocenters. The van der Waals surface area contributed by atoms with Crippen molar-refractivity contribution in [2.45, 2.75) is 56.3 Å². The quantitative estimate of drug-likeness (QED) is 0.763. The SMILES string of the molecule is CN1[C@@H]2CC[C@H]1CC(NC1C=CC=CC1)C2. The zero-order valence-corrected chi connectivity index (χ0v) is 10.1. The molecule has 0 aromatic rings. The number of piperidine rings is 1. The van der Waals surface area contributed by atoms with Crippen molar-refractivity contribution >= 4 is 0 Å². The third kappa shape index (κ3) is 1.96. The lowest BCUT2D eigenvalue weighted by Crippen LogP contribution is -2.49. The van der Waals surface area contributed by atoms with Gasteiger partial charge in [0.05, 0.1) is 0 Å². The highest BCUT2D eigenvalue weighted by Crippen LogP contribution is 2.34. The van der Waals surface area contributed by atoms with E-state index in [2.05, 4.69) is 41.6 Å². The Balaban J connectivity index is 1.57. The Kier molecular flexibility index (Phi) is 2.86. The lowest BCUT2D eigenvalue weighted by atomic mass is 9.96. The van der Waals surface area contributed by atoms with Gasteiger partial charge in [0.1, 0.15) is 0 Å². The van der Waals surface area contributed by atoms with Crippen LogP contribution in [0, 0.1) is 0 Å². The Morgan fingerprint density at radius 2 is 1.88 bits per heavy atom. The molecule has 2 aliphatic heterocycles. The molecule has 16 heavy (non-hydrogen) atoms. The number of allylic oxidation sites excluding steroid dienone is 2. The van der Waals surface area contributed by atoms with Crippen LogP contribution in [0.25, 0.3) is 0 Å². The summed E-state index contributed by atoms with van der Waals surface area (Å²) in [5.41, 5.74) is 0. The van der Waals surface area contributed by atoms with E-state index in [4.69, 9.17) is 0 Å². The first-order chi connectivity index (χ1) is 7.83. The molecular formula is C14H22N2. The minimum absolute atomic E-state index is 0.581. The third-order valence-corrected chi connectivity index (χ3v) is 4.53. The smallest absolute Gasteiger partial charge is 0.0290 e. The lowest BCUT2D eigenvalue weighted by Gasteiger charge is -2.38. The van der Waals surface area contributed by atoms with E-state index in [1.54, 1.807) is 0 Å². The number of nitrogens with one attached hydrogen (secondary N) is 1. The maximum absolute atomic E-state index is 3.81. The zero-order valence-electron chi connectivity index (χ0n) is 10.1. The molecule has 2 nitrogen and oxygen atoms in total. The van der Waals surface area contributed by atoms with Crippen LogP contribution in [0.2, 0.25) is 0 Å². The van der Waals surface area contributed by atoms with Crippen LogP contribution in [-0.4, -0.2) is 36.1 Å². The third-order valence-electron chi connectivity index (χ3n) is 4.53. The van der Waals surface area contributed by atoms with Crippen molar-refractivity contribution in [2.24, 2.45) is 0 Å². The van der Waals surface area contributed by atoms with Gasteiger partial charge in [-0.2, -0.15) is 0 Å². The van der Waals surface area contributed by atoms with Gasteiger partial charge in [0, 0.05) is 24.2 Å². The van der Waals surface area contributed by atoms with Gasteiger partial charge in [-0.25, -0.2) is 0 Å². The molecule has 0 amide bonds. The fraction of sp³-hybridized carbons (Fsp3) is 0.714. The molecule has 2 fully saturated rings. The summed E-state index contributed by atoms with van der Waals surface area (Å²) in [5, 5.41) is 3.81.